The minimum absolute atomic E-state index is 0.0677. The fourth-order valence-electron chi connectivity index (χ4n) is 2.93. The van der Waals surface area contributed by atoms with Crippen molar-refractivity contribution in [1.82, 2.24) is 24.3 Å². The smallest absolute Gasteiger partial charge is 0.260 e. The van der Waals surface area contributed by atoms with Crippen LogP contribution in [0.25, 0.3) is 22.3 Å². The average molecular weight is 377 g/mol. The predicted octanol–water partition coefficient (Wildman–Crippen LogP) is 1.76. The lowest BCUT2D eigenvalue weighted by molar-refractivity contribution is 0.266. The number of para-hydroxylation sites is 1. The summed E-state index contributed by atoms with van der Waals surface area (Å²) < 4.78 is 8.79. The molecule has 0 bridgehead atoms. The van der Waals surface area contributed by atoms with E-state index in [-0.39, 0.29) is 18.8 Å². The van der Waals surface area contributed by atoms with E-state index in [1.54, 1.807) is 23.9 Å². The van der Waals surface area contributed by atoms with E-state index in [0.29, 0.717) is 29.1 Å². The van der Waals surface area contributed by atoms with E-state index in [2.05, 4.69) is 15.1 Å². The van der Waals surface area contributed by atoms with Crippen molar-refractivity contribution in [3.63, 3.8) is 0 Å². The SMILES string of the molecule is Cn1cnc2cc(-c3nc(COc4ccccc4)nn3CCO)ccc2c1=O. The lowest BCUT2D eigenvalue weighted by Crippen LogP contribution is -2.16. The number of aliphatic hydroxyl groups excluding tert-OH is 1. The standard InChI is InChI=1S/C20H19N5O3/c1-24-13-21-17-11-14(7-8-16(17)20(24)27)19-22-18(23-25(19)9-10-26)12-28-15-5-3-2-4-6-15/h2-8,11,13,26H,9-10,12H2,1H3. The number of aromatic nitrogens is 5. The van der Waals surface area contributed by atoms with Gasteiger partial charge in [0.1, 0.15) is 12.4 Å². The summed E-state index contributed by atoms with van der Waals surface area (Å²) >= 11 is 0. The molecule has 0 saturated heterocycles. The fraction of sp³-hybridized carbons (Fsp3) is 0.200. The third kappa shape index (κ3) is 3.49. The Balaban J connectivity index is 1.68. The first-order valence-electron chi connectivity index (χ1n) is 8.84. The van der Waals surface area contributed by atoms with Gasteiger partial charge in [-0.05, 0) is 24.3 Å². The molecule has 0 fully saturated rings. The highest BCUT2D eigenvalue weighted by Gasteiger charge is 2.14. The second-order valence-corrected chi connectivity index (χ2v) is 6.29. The number of nitrogens with zero attached hydrogens (tertiary/aromatic N) is 5. The highest BCUT2D eigenvalue weighted by Crippen LogP contribution is 2.21. The highest BCUT2D eigenvalue weighted by atomic mass is 16.5. The number of fused-ring (bicyclic) bond motifs is 1. The Morgan fingerprint density at radius 3 is 2.75 bits per heavy atom. The monoisotopic (exact) mass is 377 g/mol. The van der Waals surface area contributed by atoms with Gasteiger partial charge in [0.25, 0.3) is 5.56 Å². The van der Waals surface area contributed by atoms with Gasteiger partial charge in [-0.15, -0.1) is 0 Å². The van der Waals surface area contributed by atoms with Crippen molar-refractivity contribution in [2.45, 2.75) is 13.2 Å². The molecular formula is C20H19N5O3. The lowest BCUT2D eigenvalue weighted by Gasteiger charge is -2.05. The van der Waals surface area contributed by atoms with E-state index in [0.717, 1.165) is 11.3 Å². The number of aryl methyl sites for hydroxylation is 1. The van der Waals surface area contributed by atoms with Crippen molar-refractivity contribution in [3.05, 3.63) is 71.0 Å². The summed E-state index contributed by atoms with van der Waals surface area (Å²) in [7, 11) is 1.67. The Labute approximate surface area is 160 Å². The van der Waals surface area contributed by atoms with Gasteiger partial charge in [0, 0.05) is 12.6 Å². The van der Waals surface area contributed by atoms with Crippen LogP contribution in [0.4, 0.5) is 0 Å². The molecule has 28 heavy (non-hydrogen) atoms. The maximum Gasteiger partial charge on any atom is 0.260 e. The molecule has 0 saturated carbocycles. The Morgan fingerprint density at radius 2 is 1.96 bits per heavy atom. The van der Waals surface area contributed by atoms with E-state index in [1.165, 1.54) is 10.9 Å². The molecule has 0 aliphatic rings. The minimum Gasteiger partial charge on any atom is -0.486 e. The van der Waals surface area contributed by atoms with Crippen LogP contribution in [0.2, 0.25) is 0 Å². The predicted molar refractivity (Wildman–Crippen MR) is 104 cm³/mol. The first-order chi connectivity index (χ1) is 13.7. The van der Waals surface area contributed by atoms with Crippen LogP contribution in [0.3, 0.4) is 0 Å². The van der Waals surface area contributed by atoms with Gasteiger partial charge < -0.3 is 14.4 Å². The van der Waals surface area contributed by atoms with Crippen LogP contribution in [-0.4, -0.2) is 36.0 Å². The normalized spacial score (nSPS) is 11.1. The summed E-state index contributed by atoms with van der Waals surface area (Å²) in [6.07, 6.45) is 1.49. The van der Waals surface area contributed by atoms with Gasteiger partial charge in [-0.25, -0.2) is 14.6 Å². The summed E-state index contributed by atoms with van der Waals surface area (Å²) in [6.45, 7) is 0.444. The van der Waals surface area contributed by atoms with Gasteiger partial charge in [-0.3, -0.25) is 4.79 Å². The summed E-state index contributed by atoms with van der Waals surface area (Å²) in [5.74, 6) is 1.82. The molecule has 142 valence electrons. The number of benzene rings is 2. The number of aliphatic hydroxyl groups is 1. The molecule has 4 rings (SSSR count). The van der Waals surface area contributed by atoms with Crippen LogP contribution in [0.5, 0.6) is 5.75 Å². The Morgan fingerprint density at radius 1 is 1.14 bits per heavy atom. The molecule has 0 atom stereocenters. The zero-order valence-corrected chi connectivity index (χ0v) is 15.3. The molecule has 1 N–H and O–H groups in total. The molecule has 0 spiro atoms. The third-order valence-electron chi connectivity index (χ3n) is 4.32. The van der Waals surface area contributed by atoms with Crippen molar-refractivity contribution in [3.8, 4) is 17.1 Å². The van der Waals surface area contributed by atoms with Crippen LogP contribution in [0.15, 0.2) is 59.7 Å². The average Bonchev–Trinajstić information content (AvgIpc) is 3.13. The van der Waals surface area contributed by atoms with E-state index >= 15 is 0 Å². The number of ether oxygens (including phenoxy) is 1. The summed E-state index contributed by atoms with van der Waals surface area (Å²) in [5, 5.41) is 14.3. The van der Waals surface area contributed by atoms with Crippen LogP contribution in [-0.2, 0) is 20.2 Å². The molecular weight excluding hydrogens is 358 g/mol. The molecule has 2 aromatic carbocycles. The zero-order chi connectivity index (χ0) is 19.5. The summed E-state index contributed by atoms with van der Waals surface area (Å²) in [4.78, 5) is 21.1. The third-order valence-corrected chi connectivity index (χ3v) is 4.32. The Hall–Kier alpha value is -3.52. The first kappa shape index (κ1) is 17.9. The molecule has 0 unspecified atom stereocenters. The molecule has 2 aromatic heterocycles. The van der Waals surface area contributed by atoms with Crippen LogP contribution >= 0.6 is 0 Å². The van der Waals surface area contributed by atoms with Gasteiger partial charge in [0.2, 0.25) is 0 Å². The molecule has 0 aliphatic carbocycles. The zero-order valence-electron chi connectivity index (χ0n) is 15.3. The maximum absolute atomic E-state index is 12.2. The molecule has 2 heterocycles. The van der Waals surface area contributed by atoms with E-state index in [9.17, 15) is 9.90 Å². The number of hydrogen-bond donors (Lipinski definition) is 1. The van der Waals surface area contributed by atoms with Crippen molar-refractivity contribution >= 4 is 10.9 Å². The quantitative estimate of drug-likeness (QED) is 0.550. The largest absolute Gasteiger partial charge is 0.486 e. The second kappa shape index (κ2) is 7.61. The van der Waals surface area contributed by atoms with Crippen LogP contribution in [0.1, 0.15) is 5.82 Å². The van der Waals surface area contributed by atoms with Crippen molar-refractivity contribution < 1.29 is 9.84 Å². The maximum atomic E-state index is 12.2. The van der Waals surface area contributed by atoms with Gasteiger partial charge in [-0.1, -0.05) is 24.3 Å². The molecule has 0 radical (unpaired) electrons. The highest BCUT2D eigenvalue weighted by molar-refractivity contribution is 5.82. The molecule has 8 heteroatoms. The van der Waals surface area contributed by atoms with Gasteiger partial charge >= 0.3 is 0 Å². The second-order valence-electron chi connectivity index (χ2n) is 6.29. The van der Waals surface area contributed by atoms with Gasteiger partial charge in [-0.2, -0.15) is 5.10 Å². The summed E-state index contributed by atoms with van der Waals surface area (Å²) in [6, 6.07) is 14.8. The lowest BCUT2D eigenvalue weighted by atomic mass is 10.1. The number of rotatable bonds is 6. The molecule has 0 aliphatic heterocycles. The topological polar surface area (TPSA) is 95.1 Å². The van der Waals surface area contributed by atoms with Crippen molar-refractivity contribution in [1.29, 1.82) is 0 Å². The first-order valence-corrected chi connectivity index (χ1v) is 8.84. The minimum atomic E-state index is -0.106. The number of hydrogen-bond acceptors (Lipinski definition) is 6. The van der Waals surface area contributed by atoms with Crippen molar-refractivity contribution in [2.75, 3.05) is 6.61 Å². The van der Waals surface area contributed by atoms with Crippen LogP contribution in [0, 0.1) is 0 Å². The van der Waals surface area contributed by atoms with E-state index in [1.807, 2.05) is 36.4 Å². The Bertz CT molecular complexity index is 1170. The van der Waals surface area contributed by atoms with E-state index < -0.39 is 0 Å². The van der Waals surface area contributed by atoms with Gasteiger partial charge in [0.05, 0.1) is 30.4 Å². The summed E-state index contributed by atoms with van der Waals surface area (Å²) in [5.41, 5.74) is 1.24. The molecule has 4 aromatic rings. The van der Waals surface area contributed by atoms with E-state index in [4.69, 9.17) is 4.74 Å². The molecule has 0 amide bonds. The van der Waals surface area contributed by atoms with Gasteiger partial charge in [0.15, 0.2) is 11.6 Å². The molecule has 8 nitrogen and oxygen atoms in total. The van der Waals surface area contributed by atoms with Crippen LogP contribution < -0.4 is 10.3 Å². The fourth-order valence-corrected chi connectivity index (χ4v) is 2.93. The van der Waals surface area contributed by atoms with Crippen molar-refractivity contribution in [2.24, 2.45) is 7.05 Å². The Kier molecular flexibility index (Phi) is 4.86.